The van der Waals surface area contributed by atoms with E-state index in [-0.39, 0.29) is 16.6 Å². The highest BCUT2D eigenvalue weighted by Gasteiger charge is 2.33. The Balaban J connectivity index is 2.51. The number of amides is 2. The fraction of sp³-hybridized carbons (Fsp3) is 0.800. The average molecular weight is 262 g/mol. The van der Waals surface area contributed by atoms with Crippen LogP contribution in [0.25, 0.3) is 0 Å². The Morgan fingerprint density at radius 1 is 1.19 bits per heavy atom. The molecule has 1 aliphatic heterocycles. The van der Waals surface area contributed by atoms with Crippen LogP contribution in [-0.4, -0.2) is 40.2 Å². The van der Waals surface area contributed by atoms with Crippen molar-refractivity contribution in [1.82, 2.24) is 10.6 Å². The lowest BCUT2D eigenvalue weighted by molar-refractivity contribution is -0.135. The van der Waals surface area contributed by atoms with Crippen molar-refractivity contribution in [2.24, 2.45) is 0 Å². The first-order valence-corrected chi connectivity index (χ1v) is 6.81. The van der Waals surface area contributed by atoms with Gasteiger partial charge in [-0.2, -0.15) is 24.4 Å². The van der Waals surface area contributed by atoms with Crippen LogP contribution in [0.2, 0.25) is 0 Å². The molecule has 1 heterocycles. The lowest BCUT2D eigenvalue weighted by Crippen LogP contribution is -2.63. The van der Waals surface area contributed by atoms with Crippen molar-refractivity contribution >= 4 is 36.2 Å². The van der Waals surface area contributed by atoms with E-state index in [0.717, 1.165) is 0 Å². The van der Waals surface area contributed by atoms with Crippen LogP contribution in [0.1, 0.15) is 20.8 Å². The molecular formula is C10H18N2O2S2. The van der Waals surface area contributed by atoms with E-state index in [1.165, 1.54) is 0 Å². The van der Waals surface area contributed by atoms with Crippen molar-refractivity contribution < 1.29 is 9.59 Å². The Bertz CT molecular complexity index is 289. The van der Waals surface area contributed by atoms with Gasteiger partial charge in [0.15, 0.2) is 0 Å². The van der Waals surface area contributed by atoms with Crippen LogP contribution < -0.4 is 10.6 Å². The molecule has 0 bridgehead atoms. The van der Waals surface area contributed by atoms with Gasteiger partial charge in [-0.05, 0) is 0 Å². The summed E-state index contributed by atoms with van der Waals surface area (Å²) in [6.45, 7) is 6.24. The lowest BCUT2D eigenvalue weighted by atomic mass is 10.2. The second-order valence-corrected chi connectivity index (χ2v) is 6.94. The fourth-order valence-corrected chi connectivity index (χ4v) is 2.41. The van der Waals surface area contributed by atoms with E-state index in [0.29, 0.717) is 11.5 Å². The van der Waals surface area contributed by atoms with E-state index in [1.807, 2.05) is 0 Å². The number of rotatable bonds is 3. The van der Waals surface area contributed by atoms with Crippen molar-refractivity contribution in [3.8, 4) is 0 Å². The summed E-state index contributed by atoms with van der Waals surface area (Å²) in [6, 6.07) is -0.917. The molecule has 1 saturated heterocycles. The number of hydrogen-bond donors (Lipinski definition) is 3. The van der Waals surface area contributed by atoms with Gasteiger partial charge in [-0.25, -0.2) is 0 Å². The number of nitrogens with one attached hydrogen (secondary N) is 2. The number of carbonyl (C=O) groups excluding carboxylic acids is 2. The first-order chi connectivity index (χ1) is 7.33. The molecule has 16 heavy (non-hydrogen) atoms. The highest BCUT2D eigenvalue weighted by Crippen LogP contribution is 2.24. The topological polar surface area (TPSA) is 58.2 Å². The van der Waals surface area contributed by atoms with Crippen LogP contribution in [-0.2, 0) is 9.59 Å². The second-order valence-electron chi connectivity index (χ2n) is 4.73. The minimum absolute atomic E-state index is 0.0887. The zero-order valence-corrected chi connectivity index (χ0v) is 11.5. The monoisotopic (exact) mass is 262 g/mol. The molecule has 2 atom stereocenters. The smallest absolute Gasteiger partial charge is 0.244 e. The number of piperazine rings is 1. The predicted octanol–water partition coefficient (Wildman–Crippen LogP) is 0.431. The van der Waals surface area contributed by atoms with Crippen LogP contribution in [0.15, 0.2) is 0 Å². The number of carbonyl (C=O) groups is 2. The second kappa shape index (κ2) is 5.31. The molecule has 0 aliphatic carbocycles. The molecule has 92 valence electrons. The molecule has 0 aromatic rings. The van der Waals surface area contributed by atoms with E-state index in [2.05, 4.69) is 44.0 Å². The van der Waals surface area contributed by atoms with Gasteiger partial charge in [-0.1, -0.05) is 20.8 Å². The van der Waals surface area contributed by atoms with E-state index in [1.54, 1.807) is 11.8 Å². The fourth-order valence-electron chi connectivity index (χ4n) is 1.25. The molecule has 0 saturated carbocycles. The number of thioether (sulfide) groups is 1. The van der Waals surface area contributed by atoms with Gasteiger partial charge in [-0.3, -0.25) is 9.59 Å². The molecule has 0 radical (unpaired) electrons. The standard InChI is InChI=1S/C10H18N2O2S2/c1-10(2,3)16-5-7-9(14)11-6(4-15)8(13)12-7/h6-7,15H,4-5H2,1-3H3,(H,11,14)(H,12,13)/t6-,7?/m0/s1. The van der Waals surface area contributed by atoms with Gasteiger partial charge < -0.3 is 10.6 Å². The summed E-state index contributed by atoms with van der Waals surface area (Å²) in [5, 5.41) is 5.38. The summed E-state index contributed by atoms with van der Waals surface area (Å²) in [4.78, 5) is 23.2. The third-order valence-electron chi connectivity index (χ3n) is 2.13. The van der Waals surface area contributed by atoms with Crippen molar-refractivity contribution in [2.75, 3.05) is 11.5 Å². The van der Waals surface area contributed by atoms with Gasteiger partial charge in [0.2, 0.25) is 11.8 Å². The van der Waals surface area contributed by atoms with Gasteiger partial charge in [0, 0.05) is 16.3 Å². The first-order valence-electron chi connectivity index (χ1n) is 5.19. The molecule has 1 fully saturated rings. The quantitative estimate of drug-likeness (QED) is 0.647. The predicted molar refractivity (Wildman–Crippen MR) is 69.9 cm³/mol. The zero-order chi connectivity index (χ0) is 12.3. The summed E-state index contributed by atoms with van der Waals surface area (Å²) in [5.74, 6) is 0.668. The largest absolute Gasteiger partial charge is 0.342 e. The molecule has 2 amide bonds. The third kappa shape index (κ3) is 3.90. The maximum atomic E-state index is 11.7. The van der Waals surface area contributed by atoms with E-state index in [4.69, 9.17) is 0 Å². The van der Waals surface area contributed by atoms with Crippen LogP contribution in [0.5, 0.6) is 0 Å². The summed E-state index contributed by atoms with van der Waals surface area (Å²) in [6.07, 6.45) is 0. The SMILES string of the molecule is CC(C)(C)SCC1NC(=O)[C@H](CS)NC1=O. The molecule has 6 heteroatoms. The van der Waals surface area contributed by atoms with Crippen molar-refractivity contribution in [1.29, 1.82) is 0 Å². The molecule has 2 N–H and O–H groups in total. The Hall–Kier alpha value is -0.360. The molecular weight excluding hydrogens is 244 g/mol. The van der Waals surface area contributed by atoms with Gasteiger partial charge >= 0.3 is 0 Å². The van der Waals surface area contributed by atoms with Gasteiger partial charge in [0.05, 0.1) is 0 Å². The van der Waals surface area contributed by atoms with Crippen LogP contribution >= 0.6 is 24.4 Å². The molecule has 0 spiro atoms. The van der Waals surface area contributed by atoms with Crippen molar-refractivity contribution in [3.63, 3.8) is 0 Å². The summed E-state index contributed by atoms with van der Waals surface area (Å²) < 4.78 is 0.0887. The molecule has 1 unspecified atom stereocenters. The molecule has 1 rings (SSSR count). The minimum Gasteiger partial charge on any atom is -0.342 e. The normalized spacial score (nSPS) is 26.2. The van der Waals surface area contributed by atoms with Crippen LogP contribution in [0.4, 0.5) is 0 Å². The maximum absolute atomic E-state index is 11.7. The van der Waals surface area contributed by atoms with E-state index < -0.39 is 12.1 Å². The molecule has 0 aromatic heterocycles. The first kappa shape index (κ1) is 13.7. The summed E-state index contributed by atoms with van der Waals surface area (Å²) in [7, 11) is 0. The summed E-state index contributed by atoms with van der Waals surface area (Å²) >= 11 is 5.67. The zero-order valence-electron chi connectivity index (χ0n) is 9.74. The maximum Gasteiger partial charge on any atom is 0.244 e. The number of thiol groups is 1. The van der Waals surface area contributed by atoms with Crippen LogP contribution in [0, 0.1) is 0 Å². The highest BCUT2D eigenvalue weighted by molar-refractivity contribution is 8.00. The number of hydrogen-bond acceptors (Lipinski definition) is 4. The average Bonchev–Trinajstić information content (AvgIpc) is 2.17. The van der Waals surface area contributed by atoms with E-state index in [9.17, 15) is 9.59 Å². The lowest BCUT2D eigenvalue weighted by Gasteiger charge is -2.30. The van der Waals surface area contributed by atoms with Crippen molar-refractivity contribution in [3.05, 3.63) is 0 Å². The van der Waals surface area contributed by atoms with Crippen LogP contribution in [0.3, 0.4) is 0 Å². The minimum atomic E-state index is -0.494. The van der Waals surface area contributed by atoms with Gasteiger partial charge in [0.25, 0.3) is 0 Å². The van der Waals surface area contributed by atoms with Gasteiger partial charge in [-0.15, -0.1) is 0 Å². The van der Waals surface area contributed by atoms with Crippen molar-refractivity contribution in [2.45, 2.75) is 37.6 Å². The highest BCUT2D eigenvalue weighted by atomic mass is 32.2. The third-order valence-corrected chi connectivity index (χ3v) is 3.86. The van der Waals surface area contributed by atoms with Gasteiger partial charge in [0.1, 0.15) is 12.1 Å². The van der Waals surface area contributed by atoms with E-state index >= 15 is 0 Å². The Kier molecular flexibility index (Phi) is 4.55. The summed E-state index contributed by atoms with van der Waals surface area (Å²) in [5.41, 5.74) is 0. The molecule has 0 aromatic carbocycles. The molecule has 4 nitrogen and oxygen atoms in total. The Morgan fingerprint density at radius 2 is 1.69 bits per heavy atom. The molecule has 1 aliphatic rings. The Morgan fingerprint density at radius 3 is 2.19 bits per heavy atom. The Labute approximate surface area is 106 Å².